The number of rotatable bonds is 4. The first-order valence-corrected chi connectivity index (χ1v) is 8.53. The SMILES string of the molecule is O=C(Cn1ncn2nc(-c3cccs3)cc2c1=O)Nc1ccc(F)cc1. The minimum absolute atomic E-state index is 0.258. The van der Waals surface area contributed by atoms with Crippen LogP contribution in [0.4, 0.5) is 10.1 Å². The topological polar surface area (TPSA) is 81.3 Å². The van der Waals surface area contributed by atoms with E-state index in [2.05, 4.69) is 15.5 Å². The van der Waals surface area contributed by atoms with E-state index in [9.17, 15) is 14.0 Å². The van der Waals surface area contributed by atoms with Crippen molar-refractivity contribution in [2.75, 3.05) is 5.32 Å². The Morgan fingerprint density at radius 2 is 2.04 bits per heavy atom. The summed E-state index contributed by atoms with van der Waals surface area (Å²) in [4.78, 5) is 25.6. The van der Waals surface area contributed by atoms with Crippen molar-refractivity contribution in [1.82, 2.24) is 19.4 Å². The Morgan fingerprint density at radius 3 is 2.77 bits per heavy atom. The van der Waals surface area contributed by atoms with Crippen molar-refractivity contribution in [2.45, 2.75) is 6.54 Å². The Bertz CT molecular complexity index is 1130. The largest absolute Gasteiger partial charge is 0.324 e. The summed E-state index contributed by atoms with van der Waals surface area (Å²) in [7, 11) is 0. The Morgan fingerprint density at radius 1 is 1.23 bits per heavy atom. The van der Waals surface area contributed by atoms with Gasteiger partial charge in [-0.15, -0.1) is 11.3 Å². The molecule has 1 amide bonds. The van der Waals surface area contributed by atoms with Crippen molar-refractivity contribution in [3.8, 4) is 10.6 Å². The molecule has 0 aliphatic carbocycles. The minimum atomic E-state index is -0.437. The van der Waals surface area contributed by atoms with Gasteiger partial charge in [0.1, 0.15) is 29.9 Å². The number of carbonyl (C=O) groups is 1. The van der Waals surface area contributed by atoms with E-state index in [0.29, 0.717) is 16.9 Å². The van der Waals surface area contributed by atoms with E-state index in [4.69, 9.17) is 0 Å². The molecule has 0 saturated heterocycles. The highest BCUT2D eigenvalue weighted by Gasteiger charge is 2.12. The second kappa shape index (κ2) is 6.52. The molecule has 0 unspecified atom stereocenters. The van der Waals surface area contributed by atoms with E-state index in [1.165, 1.54) is 46.4 Å². The number of halogens is 1. The summed E-state index contributed by atoms with van der Waals surface area (Å²) in [5, 5.41) is 12.8. The van der Waals surface area contributed by atoms with Crippen LogP contribution in [0.2, 0.25) is 0 Å². The summed E-state index contributed by atoms with van der Waals surface area (Å²) in [6.07, 6.45) is 1.39. The zero-order valence-corrected chi connectivity index (χ0v) is 14.1. The van der Waals surface area contributed by atoms with Gasteiger partial charge in [0.2, 0.25) is 5.91 Å². The molecule has 4 aromatic rings. The van der Waals surface area contributed by atoms with Crippen LogP contribution in [-0.2, 0) is 11.3 Å². The maximum Gasteiger partial charge on any atom is 0.293 e. The molecule has 1 N–H and O–H groups in total. The van der Waals surface area contributed by atoms with Crippen LogP contribution in [-0.4, -0.2) is 25.3 Å². The van der Waals surface area contributed by atoms with Gasteiger partial charge in [0, 0.05) is 5.69 Å². The first-order valence-electron chi connectivity index (χ1n) is 7.65. The molecule has 0 spiro atoms. The molecule has 3 heterocycles. The van der Waals surface area contributed by atoms with E-state index in [-0.39, 0.29) is 6.54 Å². The van der Waals surface area contributed by atoms with Gasteiger partial charge >= 0.3 is 0 Å². The average Bonchev–Trinajstić information content (AvgIpc) is 3.29. The molecule has 7 nitrogen and oxygen atoms in total. The Labute approximate surface area is 150 Å². The fourth-order valence-electron chi connectivity index (χ4n) is 2.47. The lowest BCUT2D eigenvalue weighted by Crippen LogP contribution is -2.30. The van der Waals surface area contributed by atoms with Crippen LogP contribution in [0.25, 0.3) is 16.1 Å². The van der Waals surface area contributed by atoms with Crippen LogP contribution in [0.1, 0.15) is 0 Å². The lowest BCUT2D eigenvalue weighted by molar-refractivity contribution is -0.117. The number of amides is 1. The molecule has 0 bridgehead atoms. The number of benzene rings is 1. The maximum atomic E-state index is 12.9. The molecule has 0 aliphatic heterocycles. The van der Waals surface area contributed by atoms with Crippen molar-refractivity contribution in [1.29, 1.82) is 0 Å². The normalized spacial score (nSPS) is 11.0. The summed E-state index contributed by atoms with van der Waals surface area (Å²) >= 11 is 1.52. The molecule has 130 valence electrons. The van der Waals surface area contributed by atoms with Gasteiger partial charge in [-0.3, -0.25) is 9.59 Å². The number of fused-ring (bicyclic) bond motifs is 1. The number of hydrogen-bond donors (Lipinski definition) is 1. The lowest BCUT2D eigenvalue weighted by Gasteiger charge is -2.06. The number of thiophene rings is 1. The predicted octanol–water partition coefficient (Wildman–Crippen LogP) is 2.40. The molecule has 0 aliphatic rings. The number of hydrogen-bond acceptors (Lipinski definition) is 5. The quantitative estimate of drug-likeness (QED) is 0.599. The molecule has 1 aromatic carbocycles. The van der Waals surface area contributed by atoms with Crippen molar-refractivity contribution in [3.05, 3.63) is 70.3 Å². The number of aromatic nitrogens is 4. The molecular weight excluding hydrogens is 357 g/mol. The van der Waals surface area contributed by atoms with Crippen LogP contribution in [0, 0.1) is 5.82 Å². The molecule has 3 aromatic heterocycles. The molecule has 0 radical (unpaired) electrons. The fraction of sp³-hybridized carbons (Fsp3) is 0.0588. The second-order valence-electron chi connectivity index (χ2n) is 5.49. The van der Waals surface area contributed by atoms with E-state index in [1.54, 1.807) is 6.07 Å². The standard InChI is InChI=1S/C17H12FN5O2S/c18-11-3-5-12(6-4-11)20-16(24)9-22-17(25)14-8-13(15-2-1-7-26-15)21-23(14)10-19-22/h1-8,10H,9H2,(H,20,24). The van der Waals surface area contributed by atoms with Gasteiger partial charge in [0.15, 0.2) is 0 Å². The highest BCUT2D eigenvalue weighted by atomic mass is 32.1. The van der Waals surface area contributed by atoms with Crippen LogP contribution < -0.4 is 10.9 Å². The van der Waals surface area contributed by atoms with Gasteiger partial charge in [-0.05, 0) is 41.8 Å². The highest BCUT2D eigenvalue weighted by Crippen LogP contribution is 2.23. The van der Waals surface area contributed by atoms with Gasteiger partial charge in [-0.25, -0.2) is 13.6 Å². The first kappa shape index (κ1) is 16.2. The van der Waals surface area contributed by atoms with E-state index < -0.39 is 17.3 Å². The van der Waals surface area contributed by atoms with Crippen LogP contribution >= 0.6 is 11.3 Å². The van der Waals surface area contributed by atoms with Crippen LogP contribution in [0.15, 0.2) is 59.0 Å². The zero-order valence-electron chi connectivity index (χ0n) is 13.3. The minimum Gasteiger partial charge on any atom is -0.324 e. The van der Waals surface area contributed by atoms with Gasteiger partial charge in [-0.2, -0.15) is 10.2 Å². The van der Waals surface area contributed by atoms with Crippen molar-refractivity contribution < 1.29 is 9.18 Å². The van der Waals surface area contributed by atoms with E-state index in [0.717, 1.165) is 9.56 Å². The molecular formula is C17H12FN5O2S. The third kappa shape index (κ3) is 3.11. The highest BCUT2D eigenvalue weighted by molar-refractivity contribution is 7.13. The summed E-state index contributed by atoms with van der Waals surface area (Å²) in [6.45, 7) is -0.258. The molecule has 26 heavy (non-hydrogen) atoms. The summed E-state index contributed by atoms with van der Waals surface area (Å²) in [5.41, 5.74) is 1.03. The summed E-state index contributed by atoms with van der Waals surface area (Å²) in [5.74, 6) is -0.831. The van der Waals surface area contributed by atoms with Gasteiger partial charge < -0.3 is 5.32 Å². The van der Waals surface area contributed by atoms with Crippen molar-refractivity contribution in [3.63, 3.8) is 0 Å². The predicted molar refractivity (Wildman–Crippen MR) is 95.6 cm³/mol. The van der Waals surface area contributed by atoms with E-state index in [1.807, 2.05) is 17.5 Å². The number of anilines is 1. The smallest absolute Gasteiger partial charge is 0.293 e. The number of nitrogens with zero attached hydrogens (tertiary/aromatic N) is 4. The average molecular weight is 369 g/mol. The van der Waals surface area contributed by atoms with Crippen LogP contribution in [0.5, 0.6) is 0 Å². The summed E-state index contributed by atoms with van der Waals surface area (Å²) in [6, 6.07) is 10.8. The van der Waals surface area contributed by atoms with E-state index >= 15 is 0 Å². The first-order chi connectivity index (χ1) is 12.6. The third-order valence-electron chi connectivity index (χ3n) is 3.68. The van der Waals surface area contributed by atoms with Crippen molar-refractivity contribution in [2.24, 2.45) is 0 Å². The maximum absolute atomic E-state index is 12.9. The van der Waals surface area contributed by atoms with Gasteiger partial charge in [0.05, 0.1) is 4.88 Å². The molecule has 0 atom stereocenters. The van der Waals surface area contributed by atoms with Gasteiger partial charge in [0.25, 0.3) is 5.56 Å². The number of carbonyl (C=O) groups excluding carboxylic acids is 1. The van der Waals surface area contributed by atoms with Gasteiger partial charge in [-0.1, -0.05) is 6.07 Å². The molecule has 4 rings (SSSR count). The molecule has 0 fully saturated rings. The zero-order chi connectivity index (χ0) is 18.1. The Kier molecular flexibility index (Phi) is 4.05. The van der Waals surface area contributed by atoms with Crippen LogP contribution in [0.3, 0.4) is 0 Å². The fourth-order valence-corrected chi connectivity index (χ4v) is 3.15. The molecule has 9 heteroatoms. The van der Waals surface area contributed by atoms with Crippen molar-refractivity contribution >= 4 is 28.4 Å². The Hall–Kier alpha value is -3.33. The molecule has 0 saturated carbocycles. The third-order valence-corrected chi connectivity index (χ3v) is 4.58. The number of nitrogens with one attached hydrogen (secondary N) is 1. The monoisotopic (exact) mass is 369 g/mol. The second-order valence-corrected chi connectivity index (χ2v) is 6.43. The summed E-state index contributed by atoms with van der Waals surface area (Å²) < 4.78 is 15.4. The lowest BCUT2D eigenvalue weighted by atomic mass is 10.3. The Balaban J connectivity index is 1.58.